The van der Waals surface area contributed by atoms with Crippen LogP contribution in [0.1, 0.15) is 18.4 Å². The predicted octanol–water partition coefficient (Wildman–Crippen LogP) is 0.551. The van der Waals surface area contributed by atoms with Crippen LogP contribution in [0, 0.1) is 0 Å². The molecule has 0 saturated carbocycles. The summed E-state index contributed by atoms with van der Waals surface area (Å²) in [4.78, 5) is 0. The lowest BCUT2D eigenvalue weighted by molar-refractivity contribution is 0.572. The molecule has 3 N–H and O–H groups in total. The summed E-state index contributed by atoms with van der Waals surface area (Å²) < 4.78 is 26.6. The maximum absolute atomic E-state index is 12.0. The van der Waals surface area contributed by atoms with Crippen molar-refractivity contribution in [3.63, 3.8) is 0 Å². The van der Waals surface area contributed by atoms with Gasteiger partial charge in [-0.2, -0.15) is 16.9 Å². The first-order valence-electron chi connectivity index (χ1n) is 5.77. The van der Waals surface area contributed by atoms with E-state index in [-0.39, 0.29) is 5.03 Å². The Morgan fingerprint density at radius 3 is 2.89 bits per heavy atom. The number of thioether (sulfide) groups is 1. The molecule has 0 amide bonds. The molecule has 0 atom stereocenters. The fraction of sp³-hybridized carbons (Fsp3) is 0.700. The minimum Gasteiger partial charge on any atom is -0.316 e. The van der Waals surface area contributed by atoms with Gasteiger partial charge in [0.2, 0.25) is 0 Å². The number of H-pyrrole nitrogens is 1. The van der Waals surface area contributed by atoms with Gasteiger partial charge < -0.3 is 5.32 Å². The molecule has 1 rings (SSSR count). The molecular formula is C10H20N4O2S2. The number of aromatic amines is 1. The molecule has 18 heavy (non-hydrogen) atoms. The third kappa shape index (κ3) is 4.60. The van der Waals surface area contributed by atoms with Gasteiger partial charge >= 0.3 is 0 Å². The summed E-state index contributed by atoms with van der Waals surface area (Å²) in [7, 11) is -1.71. The third-order valence-corrected chi connectivity index (χ3v) is 4.55. The van der Waals surface area contributed by atoms with E-state index in [0.717, 1.165) is 18.6 Å². The fourth-order valence-electron chi connectivity index (χ4n) is 1.50. The molecule has 8 heteroatoms. The Kier molecular flexibility index (Phi) is 6.69. The second-order valence-corrected chi connectivity index (χ2v) is 6.54. The first-order valence-corrected chi connectivity index (χ1v) is 8.65. The highest BCUT2D eigenvalue weighted by atomic mass is 32.2. The first kappa shape index (κ1) is 15.5. The van der Waals surface area contributed by atoms with Gasteiger partial charge in [-0.15, -0.1) is 0 Å². The molecule has 1 aromatic heterocycles. The molecule has 0 fully saturated rings. The molecule has 0 spiro atoms. The lowest BCUT2D eigenvalue weighted by Gasteiger charge is -2.06. The van der Waals surface area contributed by atoms with E-state index in [2.05, 4.69) is 20.2 Å². The van der Waals surface area contributed by atoms with Crippen LogP contribution in [0.3, 0.4) is 0 Å². The summed E-state index contributed by atoms with van der Waals surface area (Å²) in [6.07, 6.45) is 5.42. The molecule has 1 aromatic rings. The second-order valence-electron chi connectivity index (χ2n) is 3.85. The summed E-state index contributed by atoms with van der Waals surface area (Å²) >= 11 is 1.76. The number of rotatable bonds is 9. The normalized spacial score (nSPS) is 11.9. The Hall–Kier alpha value is -0.570. The molecule has 0 aromatic carbocycles. The largest absolute Gasteiger partial charge is 0.316 e. The zero-order valence-corrected chi connectivity index (χ0v) is 12.3. The van der Waals surface area contributed by atoms with Crippen molar-refractivity contribution in [2.24, 2.45) is 0 Å². The molecule has 0 bridgehead atoms. The molecule has 0 aliphatic rings. The van der Waals surface area contributed by atoms with Crippen LogP contribution in [0.2, 0.25) is 0 Å². The van der Waals surface area contributed by atoms with Gasteiger partial charge in [0.15, 0.2) is 5.03 Å². The van der Waals surface area contributed by atoms with Gasteiger partial charge in [-0.25, -0.2) is 13.1 Å². The van der Waals surface area contributed by atoms with Crippen molar-refractivity contribution >= 4 is 21.8 Å². The molecule has 0 saturated heterocycles. The smallest absolute Gasteiger partial charge is 0.257 e. The highest BCUT2D eigenvalue weighted by Crippen LogP contribution is 2.11. The van der Waals surface area contributed by atoms with Crippen molar-refractivity contribution in [1.82, 2.24) is 20.2 Å². The van der Waals surface area contributed by atoms with Crippen LogP contribution < -0.4 is 10.0 Å². The van der Waals surface area contributed by atoms with Crippen LogP contribution in [0.5, 0.6) is 0 Å². The van der Waals surface area contributed by atoms with Crippen molar-refractivity contribution in [1.29, 1.82) is 0 Å². The van der Waals surface area contributed by atoms with E-state index < -0.39 is 10.0 Å². The van der Waals surface area contributed by atoms with Crippen molar-refractivity contribution in [3.05, 3.63) is 11.8 Å². The predicted molar refractivity (Wildman–Crippen MR) is 74.2 cm³/mol. The molecule has 104 valence electrons. The Bertz CT molecular complexity index is 444. The molecule has 0 aliphatic heterocycles. The lowest BCUT2D eigenvalue weighted by Crippen LogP contribution is -2.26. The quantitative estimate of drug-likeness (QED) is 0.579. The molecule has 1 heterocycles. The van der Waals surface area contributed by atoms with Gasteiger partial charge in [-0.1, -0.05) is 0 Å². The highest BCUT2D eigenvalue weighted by molar-refractivity contribution is 7.98. The van der Waals surface area contributed by atoms with Crippen molar-refractivity contribution < 1.29 is 8.42 Å². The molecule has 6 nitrogen and oxygen atoms in total. The summed E-state index contributed by atoms with van der Waals surface area (Å²) in [5, 5.41) is 9.38. The minimum atomic E-state index is -3.47. The second kappa shape index (κ2) is 7.78. The Morgan fingerprint density at radius 1 is 1.44 bits per heavy atom. The third-order valence-electron chi connectivity index (χ3n) is 2.38. The summed E-state index contributed by atoms with van der Waals surface area (Å²) in [6, 6.07) is 0. The Balaban J connectivity index is 2.54. The number of sulfonamides is 1. The highest BCUT2D eigenvalue weighted by Gasteiger charge is 2.19. The number of unbranched alkanes of at least 4 members (excludes halogenated alkanes) is 1. The number of nitrogens with zero attached hydrogens (tertiary/aromatic N) is 1. The summed E-state index contributed by atoms with van der Waals surface area (Å²) in [6.45, 7) is 0.931. The van der Waals surface area contributed by atoms with Crippen LogP contribution in [-0.2, 0) is 16.6 Å². The monoisotopic (exact) mass is 292 g/mol. The Labute approximate surface area is 112 Å². The SMILES string of the molecule is CNCc1cn[nH]c1S(=O)(=O)NCCCCSC. The van der Waals surface area contributed by atoms with Crippen LogP contribution >= 0.6 is 11.8 Å². The van der Waals surface area contributed by atoms with Crippen LogP contribution in [0.25, 0.3) is 0 Å². The average Bonchev–Trinajstić information content (AvgIpc) is 2.78. The zero-order chi connectivity index (χ0) is 13.4. The van der Waals surface area contributed by atoms with E-state index in [1.807, 2.05) is 6.26 Å². The van der Waals surface area contributed by atoms with E-state index in [1.165, 1.54) is 6.20 Å². The van der Waals surface area contributed by atoms with Gasteiger partial charge in [-0.3, -0.25) is 5.10 Å². The van der Waals surface area contributed by atoms with Gasteiger partial charge in [0.1, 0.15) is 0 Å². The topological polar surface area (TPSA) is 86.9 Å². The summed E-state index contributed by atoms with van der Waals surface area (Å²) in [5.41, 5.74) is 0.647. The standard InChI is InChI=1S/C10H20N4O2S2/c1-11-7-9-8-12-14-10(9)18(15,16)13-5-3-4-6-17-2/h8,11,13H,3-7H2,1-2H3,(H,12,14). The maximum Gasteiger partial charge on any atom is 0.257 e. The maximum atomic E-state index is 12.0. The minimum absolute atomic E-state index is 0.154. The first-order chi connectivity index (χ1) is 8.61. The van der Waals surface area contributed by atoms with Crippen LogP contribution in [-0.4, -0.2) is 44.2 Å². The number of hydrogen-bond acceptors (Lipinski definition) is 5. The lowest BCUT2D eigenvalue weighted by atomic mass is 10.3. The van der Waals surface area contributed by atoms with E-state index in [4.69, 9.17) is 0 Å². The van der Waals surface area contributed by atoms with Crippen molar-refractivity contribution in [2.45, 2.75) is 24.4 Å². The van der Waals surface area contributed by atoms with Gasteiger partial charge in [-0.05, 0) is 31.9 Å². The van der Waals surface area contributed by atoms with Crippen molar-refractivity contribution in [2.75, 3.05) is 25.6 Å². The van der Waals surface area contributed by atoms with E-state index >= 15 is 0 Å². The van der Waals surface area contributed by atoms with Crippen molar-refractivity contribution in [3.8, 4) is 0 Å². The van der Waals surface area contributed by atoms with Gasteiger partial charge in [0.25, 0.3) is 10.0 Å². The molecule has 0 radical (unpaired) electrons. The van der Waals surface area contributed by atoms with Crippen LogP contribution in [0.15, 0.2) is 11.2 Å². The fourth-order valence-corrected chi connectivity index (χ4v) is 3.19. The molecule has 0 unspecified atom stereocenters. The number of hydrogen-bond donors (Lipinski definition) is 3. The van der Waals surface area contributed by atoms with E-state index in [9.17, 15) is 8.42 Å². The van der Waals surface area contributed by atoms with E-state index in [0.29, 0.717) is 18.7 Å². The van der Waals surface area contributed by atoms with Gasteiger partial charge in [0, 0.05) is 18.7 Å². The number of aromatic nitrogens is 2. The molecular weight excluding hydrogens is 272 g/mol. The molecule has 0 aliphatic carbocycles. The Morgan fingerprint density at radius 2 is 2.22 bits per heavy atom. The van der Waals surface area contributed by atoms with E-state index in [1.54, 1.807) is 18.8 Å². The zero-order valence-electron chi connectivity index (χ0n) is 10.7. The van der Waals surface area contributed by atoms with Gasteiger partial charge in [0.05, 0.1) is 6.20 Å². The average molecular weight is 292 g/mol. The summed E-state index contributed by atoms with van der Waals surface area (Å²) in [5.74, 6) is 1.05. The van der Waals surface area contributed by atoms with Crippen LogP contribution in [0.4, 0.5) is 0 Å². The number of nitrogens with one attached hydrogen (secondary N) is 3.